The third kappa shape index (κ3) is 2.29. The van der Waals surface area contributed by atoms with Crippen LogP contribution in [-0.2, 0) is 16.4 Å². The van der Waals surface area contributed by atoms with Crippen LogP contribution in [0.1, 0.15) is 16.9 Å². The van der Waals surface area contributed by atoms with Crippen molar-refractivity contribution in [3.63, 3.8) is 0 Å². The Morgan fingerprint density at radius 3 is 2.75 bits per heavy atom. The molecule has 0 radical (unpaired) electrons. The van der Waals surface area contributed by atoms with E-state index in [4.69, 9.17) is 0 Å². The SMILES string of the molecule is Cc1sc(Br)cc1S(=O)(=O)N1CCCc2ccccc21. The molecular weight excluding hydrogens is 358 g/mol. The van der Waals surface area contributed by atoms with E-state index in [-0.39, 0.29) is 0 Å². The number of hydrogen-bond donors (Lipinski definition) is 0. The molecule has 3 rings (SSSR count). The van der Waals surface area contributed by atoms with Crippen LogP contribution in [0.2, 0.25) is 0 Å². The normalized spacial score (nSPS) is 15.2. The molecule has 1 aliphatic rings. The molecule has 1 aliphatic heterocycles. The maximum absolute atomic E-state index is 12.9. The van der Waals surface area contributed by atoms with Gasteiger partial charge in [0.15, 0.2) is 0 Å². The Bertz CT molecular complexity index is 752. The molecule has 0 saturated heterocycles. The fraction of sp³-hybridized carbons (Fsp3) is 0.286. The summed E-state index contributed by atoms with van der Waals surface area (Å²) in [5, 5.41) is 0. The van der Waals surface area contributed by atoms with Gasteiger partial charge in [-0.25, -0.2) is 8.42 Å². The summed E-state index contributed by atoms with van der Waals surface area (Å²) in [5.41, 5.74) is 1.93. The van der Waals surface area contributed by atoms with Gasteiger partial charge in [-0.2, -0.15) is 0 Å². The summed E-state index contributed by atoms with van der Waals surface area (Å²) in [6.07, 6.45) is 1.80. The molecule has 0 N–H and O–H groups in total. The number of anilines is 1. The molecule has 2 aromatic rings. The van der Waals surface area contributed by atoms with E-state index in [0.717, 1.165) is 32.8 Å². The van der Waals surface area contributed by atoms with Crippen molar-refractivity contribution in [2.45, 2.75) is 24.7 Å². The summed E-state index contributed by atoms with van der Waals surface area (Å²) in [4.78, 5) is 1.23. The van der Waals surface area contributed by atoms with E-state index in [1.807, 2.05) is 31.2 Å². The van der Waals surface area contributed by atoms with Crippen molar-refractivity contribution in [3.05, 3.63) is 44.6 Å². The van der Waals surface area contributed by atoms with Gasteiger partial charge in [0.25, 0.3) is 10.0 Å². The van der Waals surface area contributed by atoms with Crippen molar-refractivity contribution in [2.75, 3.05) is 10.8 Å². The van der Waals surface area contributed by atoms with Crippen molar-refractivity contribution >= 4 is 43.0 Å². The van der Waals surface area contributed by atoms with E-state index in [2.05, 4.69) is 15.9 Å². The lowest BCUT2D eigenvalue weighted by Gasteiger charge is -2.30. The highest BCUT2D eigenvalue weighted by atomic mass is 79.9. The molecule has 0 atom stereocenters. The minimum atomic E-state index is -3.47. The van der Waals surface area contributed by atoms with Crippen LogP contribution in [0.5, 0.6) is 0 Å². The monoisotopic (exact) mass is 371 g/mol. The van der Waals surface area contributed by atoms with Crippen molar-refractivity contribution in [1.82, 2.24) is 0 Å². The standard InChI is InChI=1S/C14H14BrNO2S2/c1-10-13(9-14(15)19-10)20(17,18)16-8-4-6-11-5-2-3-7-12(11)16/h2-3,5,7,9H,4,6,8H2,1H3. The smallest absolute Gasteiger partial charge is 0.265 e. The van der Waals surface area contributed by atoms with Crippen LogP contribution < -0.4 is 4.31 Å². The molecule has 6 heteroatoms. The zero-order chi connectivity index (χ0) is 14.3. The first kappa shape index (κ1) is 14.1. The molecule has 0 aliphatic carbocycles. The Hall–Kier alpha value is -0.850. The number of halogens is 1. The first-order valence-corrected chi connectivity index (χ1v) is 9.41. The van der Waals surface area contributed by atoms with Gasteiger partial charge in [0.05, 0.1) is 9.47 Å². The van der Waals surface area contributed by atoms with Crippen LogP contribution in [-0.4, -0.2) is 15.0 Å². The van der Waals surface area contributed by atoms with Crippen molar-refractivity contribution in [2.24, 2.45) is 0 Å². The van der Waals surface area contributed by atoms with Crippen molar-refractivity contribution < 1.29 is 8.42 Å². The van der Waals surface area contributed by atoms with Gasteiger partial charge in [0, 0.05) is 11.4 Å². The largest absolute Gasteiger partial charge is 0.266 e. The Labute approximate surface area is 131 Å². The Balaban J connectivity index is 2.12. The number of benzene rings is 1. The number of sulfonamides is 1. The molecule has 0 unspecified atom stereocenters. The van der Waals surface area contributed by atoms with Crippen LogP contribution in [0.3, 0.4) is 0 Å². The Kier molecular flexibility index (Phi) is 3.64. The molecule has 0 saturated carbocycles. The maximum Gasteiger partial charge on any atom is 0.265 e. The first-order valence-electron chi connectivity index (χ1n) is 6.37. The quantitative estimate of drug-likeness (QED) is 0.800. The lowest BCUT2D eigenvalue weighted by molar-refractivity contribution is 0.586. The molecule has 106 valence electrons. The highest BCUT2D eigenvalue weighted by molar-refractivity contribution is 9.11. The molecule has 2 heterocycles. The van der Waals surface area contributed by atoms with Crippen LogP contribution >= 0.6 is 27.3 Å². The fourth-order valence-electron chi connectivity index (χ4n) is 2.55. The summed E-state index contributed by atoms with van der Waals surface area (Å²) in [7, 11) is -3.47. The maximum atomic E-state index is 12.9. The summed E-state index contributed by atoms with van der Waals surface area (Å²) in [5.74, 6) is 0. The van der Waals surface area contributed by atoms with Gasteiger partial charge in [0.1, 0.15) is 4.90 Å². The molecule has 0 bridgehead atoms. The molecule has 0 fully saturated rings. The van der Waals surface area contributed by atoms with E-state index in [1.165, 1.54) is 11.3 Å². The van der Waals surface area contributed by atoms with Crippen LogP contribution in [0.25, 0.3) is 0 Å². The second-order valence-electron chi connectivity index (χ2n) is 4.78. The highest BCUT2D eigenvalue weighted by Gasteiger charge is 2.30. The average molecular weight is 372 g/mol. The number of hydrogen-bond acceptors (Lipinski definition) is 3. The molecule has 0 amide bonds. The summed E-state index contributed by atoms with van der Waals surface area (Å²) >= 11 is 4.82. The fourth-order valence-corrected chi connectivity index (χ4v) is 6.48. The van der Waals surface area contributed by atoms with Crippen molar-refractivity contribution in [3.8, 4) is 0 Å². The van der Waals surface area contributed by atoms with Crippen molar-refractivity contribution in [1.29, 1.82) is 0 Å². The number of aryl methyl sites for hydroxylation is 2. The third-order valence-corrected chi connectivity index (χ3v) is 7.10. The van der Waals surface area contributed by atoms with E-state index in [9.17, 15) is 8.42 Å². The predicted molar refractivity (Wildman–Crippen MR) is 86.1 cm³/mol. The van der Waals surface area contributed by atoms with Gasteiger partial charge < -0.3 is 0 Å². The zero-order valence-electron chi connectivity index (χ0n) is 11.0. The predicted octanol–water partition coefficient (Wildman–Crippen LogP) is 3.96. The number of nitrogens with zero attached hydrogens (tertiary/aromatic N) is 1. The third-order valence-electron chi connectivity index (χ3n) is 3.48. The topological polar surface area (TPSA) is 37.4 Å². The number of rotatable bonds is 2. The van der Waals surface area contributed by atoms with Crippen LogP contribution in [0.15, 0.2) is 39.0 Å². The van der Waals surface area contributed by atoms with E-state index in [1.54, 1.807) is 10.4 Å². The molecule has 20 heavy (non-hydrogen) atoms. The molecule has 1 aromatic heterocycles. The van der Waals surface area contributed by atoms with Gasteiger partial charge >= 0.3 is 0 Å². The first-order chi connectivity index (χ1) is 9.50. The van der Waals surface area contributed by atoms with Gasteiger partial charge in [-0.15, -0.1) is 11.3 Å². The van der Waals surface area contributed by atoms with Crippen LogP contribution in [0.4, 0.5) is 5.69 Å². The van der Waals surface area contributed by atoms with E-state index >= 15 is 0 Å². The highest BCUT2D eigenvalue weighted by Crippen LogP contribution is 2.36. The summed E-state index contributed by atoms with van der Waals surface area (Å²) < 4.78 is 28.2. The Morgan fingerprint density at radius 2 is 2.05 bits per heavy atom. The molecular formula is C14H14BrNO2S2. The second-order valence-corrected chi connectivity index (χ2v) is 9.25. The molecule has 3 nitrogen and oxygen atoms in total. The number of fused-ring (bicyclic) bond motifs is 1. The van der Waals surface area contributed by atoms with Gasteiger partial charge in [-0.05, 0) is 53.4 Å². The molecule has 0 spiro atoms. The summed E-state index contributed by atoms with van der Waals surface area (Å²) in [6, 6.07) is 9.45. The van der Waals surface area contributed by atoms with Gasteiger partial charge in [-0.1, -0.05) is 18.2 Å². The average Bonchev–Trinajstić information content (AvgIpc) is 2.78. The van der Waals surface area contributed by atoms with Crippen LogP contribution in [0, 0.1) is 6.92 Å². The lowest BCUT2D eigenvalue weighted by Crippen LogP contribution is -2.35. The van der Waals surface area contributed by atoms with Gasteiger partial charge in [-0.3, -0.25) is 4.31 Å². The minimum Gasteiger partial charge on any atom is -0.266 e. The second kappa shape index (κ2) is 5.16. The zero-order valence-corrected chi connectivity index (χ0v) is 14.2. The number of para-hydroxylation sites is 1. The molecule has 1 aromatic carbocycles. The van der Waals surface area contributed by atoms with E-state index in [0.29, 0.717) is 11.4 Å². The van der Waals surface area contributed by atoms with E-state index < -0.39 is 10.0 Å². The lowest BCUT2D eigenvalue weighted by atomic mass is 10.0. The number of thiophene rings is 1. The van der Waals surface area contributed by atoms with Gasteiger partial charge in [0.2, 0.25) is 0 Å². The summed E-state index contributed by atoms with van der Waals surface area (Å²) in [6.45, 7) is 2.39. The minimum absolute atomic E-state index is 0.408. The Morgan fingerprint density at radius 1 is 1.30 bits per heavy atom.